The van der Waals surface area contributed by atoms with Crippen LogP contribution in [0, 0.1) is 12.7 Å². The Morgan fingerprint density at radius 3 is 2.38 bits per heavy atom. The Labute approximate surface area is 90.1 Å². The van der Waals surface area contributed by atoms with Crippen LogP contribution in [0.1, 0.15) is 28.8 Å². The van der Waals surface area contributed by atoms with Gasteiger partial charge in [0.1, 0.15) is 5.82 Å². The van der Waals surface area contributed by atoms with Gasteiger partial charge in [0.05, 0.1) is 6.42 Å². The van der Waals surface area contributed by atoms with Crippen molar-refractivity contribution in [3.05, 3.63) is 35.1 Å². The van der Waals surface area contributed by atoms with Gasteiger partial charge in [-0.15, -0.1) is 0 Å². The number of carbonyl (C=O) groups excluding carboxylic acids is 1. The van der Waals surface area contributed by atoms with Crippen molar-refractivity contribution in [1.82, 2.24) is 0 Å². The van der Waals surface area contributed by atoms with Crippen LogP contribution in [0.4, 0.5) is 17.6 Å². The molecule has 16 heavy (non-hydrogen) atoms. The van der Waals surface area contributed by atoms with Crippen molar-refractivity contribution < 1.29 is 22.4 Å². The number of aryl methyl sites for hydroxylation is 1. The molecule has 1 rings (SSSR count). The average Bonchev–Trinajstić information content (AvgIpc) is 2.11. The maximum Gasteiger partial charge on any atom is 0.389 e. The monoisotopic (exact) mass is 234 g/mol. The first-order valence-electron chi connectivity index (χ1n) is 4.65. The normalized spacial score (nSPS) is 11.6. The first kappa shape index (κ1) is 12.7. The SMILES string of the molecule is Cc1cc(F)cc(C(=O)CCC(F)(F)F)c1. The number of alkyl halides is 3. The summed E-state index contributed by atoms with van der Waals surface area (Å²) in [6.07, 6.45) is -6.19. The first-order chi connectivity index (χ1) is 7.28. The minimum Gasteiger partial charge on any atom is -0.294 e. The third kappa shape index (κ3) is 4.00. The molecule has 0 aromatic heterocycles. The molecule has 88 valence electrons. The minimum absolute atomic E-state index is 0.0123. The molecule has 0 saturated heterocycles. The quantitative estimate of drug-likeness (QED) is 0.576. The summed E-state index contributed by atoms with van der Waals surface area (Å²) in [4.78, 5) is 11.3. The molecule has 0 atom stereocenters. The van der Waals surface area contributed by atoms with Crippen LogP contribution in [-0.4, -0.2) is 12.0 Å². The van der Waals surface area contributed by atoms with Gasteiger partial charge < -0.3 is 0 Å². The van der Waals surface area contributed by atoms with Crippen molar-refractivity contribution >= 4 is 5.78 Å². The lowest BCUT2D eigenvalue weighted by Gasteiger charge is -2.06. The first-order valence-corrected chi connectivity index (χ1v) is 4.65. The standard InChI is InChI=1S/C11H10F4O/c1-7-4-8(6-9(12)5-7)10(16)2-3-11(13,14)15/h4-6H,2-3H2,1H3. The lowest BCUT2D eigenvalue weighted by Crippen LogP contribution is -2.11. The van der Waals surface area contributed by atoms with Gasteiger partial charge in [0.2, 0.25) is 0 Å². The fourth-order valence-corrected chi connectivity index (χ4v) is 1.30. The van der Waals surface area contributed by atoms with E-state index in [1.165, 1.54) is 12.1 Å². The van der Waals surface area contributed by atoms with Crippen molar-refractivity contribution in [2.75, 3.05) is 0 Å². The van der Waals surface area contributed by atoms with E-state index < -0.39 is 30.6 Å². The van der Waals surface area contributed by atoms with E-state index in [0.29, 0.717) is 5.56 Å². The van der Waals surface area contributed by atoms with Gasteiger partial charge in [-0.2, -0.15) is 13.2 Å². The molecule has 0 spiro atoms. The molecule has 1 nitrogen and oxygen atoms in total. The molecule has 0 amide bonds. The number of Topliss-reactive ketones (excluding diaryl/α,β-unsaturated/α-hetero) is 1. The third-order valence-corrected chi connectivity index (χ3v) is 2.00. The summed E-state index contributed by atoms with van der Waals surface area (Å²) in [6.45, 7) is 1.57. The zero-order chi connectivity index (χ0) is 12.3. The van der Waals surface area contributed by atoms with E-state index in [9.17, 15) is 22.4 Å². The van der Waals surface area contributed by atoms with Crippen molar-refractivity contribution in [3.8, 4) is 0 Å². The molecule has 0 unspecified atom stereocenters. The van der Waals surface area contributed by atoms with Crippen LogP contribution in [0.5, 0.6) is 0 Å². The van der Waals surface area contributed by atoms with Gasteiger partial charge in [-0.05, 0) is 30.7 Å². The van der Waals surface area contributed by atoms with Gasteiger partial charge in [-0.25, -0.2) is 4.39 Å². The summed E-state index contributed by atoms with van der Waals surface area (Å²) >= 11 is 0. The summed E-state index contributed by atoms with van der Waals surface area (Å²) < 4.78 is 48.5. The number of hydrogen-bond donors (Lipinski definition) is 0. The molecule has 0 N–H and O–H groups in total. The molecule has 0 aliphatic carbocycles. The largest absolute Gasteiger partial charge is 0.389 e. The lowest BCUT2D eigenvalue weighted by molar-refractivity contribution is -0.133. The smallest absolute Gasteiger partial charge is 0.294 e. The Morgan fingerprint density at radius 1 is 1.25 bits per heavy atom. The van der Waals surface area contributed by atoms with Crippen molar-refractivity contribution in [3.63, 3.8) is 0 Å². The fourth-order valence-electron chi connectivity index (χ4n) is 1.30. The van der Waals surface area contributed by atoms with Crippen molar-refractivity contribution in [1.29, 1.82) is 0 Å². The number of rotatable bonds is 3. The fraction of sp³-hybridized carbons (Fsp3) is 0.364. The maximum absolute atomic E-state index is 12.9. The molecule has 0 radical (unpaired) electrons. The molecule has 0 fully saturated rings. The van der Waals surface area contributed by atoms with Gasteiger partial charge >= 0.3 is 6.18 Å². The molecule has 0 aliphatic heterocycles. The molecule has 1 aromatic carbocycles. The van der Waals surface area contributed by atoms with E-state index >= 15 is 0 Å². The van der Waals surface area contributed by atoms with Crippen LogP contribution in [0.25, 0.3) is 0 Å². The van der Waals surface area contributed by atoms with Gasteiger partial charge in [0, 0.05) is 12.0 Å². The molecule has 1 aromatic rings. The molecule has 0 bridgehead atoms. The van der Waals surface area contributed by atoms with E-state index in [0.717, 1.165) is 6.07 Å². The van der Waals surface area contributed by atoms with Crippen LogP contribution in [0.3, 0.4) is 0 Å². The summed E-state index contributed by atoms with van der Waals surface area (Å²) in [5.74, 6) is -1.31. The molecule has 0 aliphatic rings. The third-order valence-electron chi connectivity index (χ3n) is 2.00. The van der Waals surface area contributed by atoms with Crippen LogP contribution in [0.15, 0.2) is 18.2 Å². The highest BCUT2D eigenvalue weighted by Crippen LogP contribution is 2.23. The Hall–Kier alpha value is -1.39. The van der Waals surface area contributed by atoms with E-state index in [1.54, 1.807) is 6.92 Å². The second-order valence-electron chi connectivity index (χ2n) is 3.56. The van der Waals surface area contributed by atoms with Gasteiger partial charge in [0.15, 0.2) is 5.78 Å². The molecular weight excluding hydrogens is 224 g/mol. The van der Waals surface area contributed by atoms with Crippen LogP contribution >= 0.6 is 0 Å². The lowest BCUT2D eigenvalue weighted by atomic mass is 10.0. The number of halogens is 4. The molecule has 5 heteroatoms. The predicted molar refractivity (Wildman–Crippen MR) is 50.8 cm³/mol. The van der Waals surface area contributed by atoms with E-state index in [-0.39, 0.29) is 5.56 Å². The second-order valence-corrected chi connectivity index (χ2v) is 3.56. The number of benzene rings is 1. The van der Waals surface area contributed by atoms with Crippen LogP contribution < -0.4 is 0 Å². The predicted octanol–water partition coefficient (Wildman–Crippen LogP) is 3.66. The van der Waals surface area contributed by atoms with Crippen molar-refractivity contribution in [2.45, 2.75) is 25.9 Å². The zero-order valence-electron chi connectivity index (χ0n) is 8.57. The maximum atomic E-state index is 12.9. The summed E-state index contributed by atoms with van der Waals surface area (Å²) in [5.41, 5.74) is 0.497. The van der Waals surface area contributed by atoms with Crippen molar-refractivity contribution in [2.24, 2.45) is 0 Å². The van der Waals surface area contributed by atoms with Gasteiger partial charge in [-0.1, -0.05) is 0 Å². The van der Waals surface area contributed by atoms with Crippen LogP contribution in [0.2, 0.25) is 0 Å². The molecule has 0 heterocycles. The summed E-state index contributed by atoms with van der Waals surface area (Å²) in [6, 6.07) is 3.54. The van der Waals surface area contributed by atoms with Crippen LogP contribution in [-0.2, 0) is 0 Å². The molecular formula is C11H10F4O. The Kier molecular flexibility index (Phi) is 3.67. The highest BCUT2D eigenvalue weighted by molar-refractivity contribution is 5.96. The second kappa shape index (κ2) is 4.63. The number of ketones is 1. The molecule has 0 saturated carbocycles. The Morgan fingerprint density at radius 2 is 1.88 bits per heavy atom. The topological polar surface area (TPSA) is 17.1 Å². The van der Waals surface area contributed by atoms with Gasteiger partial charge in [0.25, 0.3) is 0 Å². The summed E-state index contributed by atoms with van der Waals surface area (Å²) in [7, 11) is 0. The minimum atomic E-state index is -4.36. The Balaban J connectivity index is 2.73. The number of hydrogen-bond acceptors (Lipinski definition) is 1. The summed E-state index contributed by atoms with van der Waals surface area (Å²) in [5, 5.41) is 0. The van der Waals surface area contributed by atoms with Gasteiger partial charge in [-0.3, -0.25) is 4.79 Å². The highest BCUT2D eigenvalue weighted by atomic mass is 19.4. The van der Waals surface area contributed by atoms with E-state index in [4.69, 9.17) is 0 Å². The number of carbonyl (C=O) groups is 1. The Bertz CT molecular complexity index is 375. The van der Waals surface area contributed by atoms with E-state index in [1.807, 2.05) is 0 Å². The van der Waals surface area contributed by atoms with E-state index in [2.05, 4.69) is 0 Å². The zero-order valence-corrected chi connectivity index (χ0v) is 8.57. The average molecular weight is 234 g/mol. The highest BCUT2D eigenvalue weighted by Gasteiger charge is 2.28.